The Bertz CT molecular complexity index is 182. The maximum Gasteiger partial charge on any atom is 0.238 e. The second-order valence-corrected chi connectivity index (χ2v) is 2.94. The van der Waals surface area contributed by atoms with E-state index in [1.165, 1.54) is 0 Å². The molecule has 0 bridgehead atoms. The molecule has 0 aromatic rings. The average molecular weight is 199 g/mol. The number of amides is 1. The predicted molar refractivity (Wildman–Crippen MR) is 58.5 cm³/mol. The lowest BCUT2D eigenvalue weighted by Gasteiger charge is -2.32. The second kappa shape index (κ2) is 7.53. The van der Waals surface area contributed by atoms with Crippen LogP contribution in [-0.2, 0) is 4.79 Å². The molecule has 0 aliphatic rings. The van der Waals surface area contributed by atoms with Crippen molar-refractivity contribution in [2.24, 2.45) is 5.73 Å². The Morgan fingerprint density at radius 3 is 2.43 bits per heavy atom. The lowest BCUT2D eigenvalue weighted by molar-refractivity contribution is -0.147. The molecule has 0 aliphatic carbocycles. The molecule has 14 heavy (non-hydrogen) atoms. The van der Waals surface area contributed by atoms with Crippen molar-refractivity contribution >= 4 is 5.91 Å². The Morgan fingerprint density at radius 2 is 2.07 bits per heavy atom. The van der Waals surface area contributed by atoms with Gasteiger partial charge in [0, 0.05) is 32.6 Å². The van der Waals surface area contributed by atoms with Crippen LogP contribution >= 0.6 is 0 Å². The molecule has 4 nitrogen and oxygen atoms in total. The van der Waals surface area contributed by atoms with Crippen molar-refractivity contribution in [2.75, 3.05) is 26.2 Å². The van der Waals surface area contributed by atoms with Crippen LogP contribution in [0.1, 0.15) is 20.3 Å². The summed E-state index contributed by atoms with van der Waals surface area (Å²) in [5.41, 5.74) is 5.35. The number of rotatable bonds is 7. The topological polar surface area (TPSA) is 49.6 Å². The van der Waals surface area contributed by atoms with E-state index in [-0.39, 0.29) is 5.91 Å². The highest BCUT2D eigenvalue weighted by Crippen LogP contribution is 2.00. The number of nitrogens with two attached hydrogens (primary N) is 1. The third-order valence-corrected chi connectivity index (χ3v) is 1.99. The normalized spacial score (nSPS) is 10.3. The fourth-order valence-electron chi connectivity index (χ4n) is 1.33. The Morgan fingerprint density at radius 1 is 1.43 bits per heavy atom. The first-order valence-electron chi connectivity index (χ1n) is 5.07. The minimum atomic E-state index is 0.0821. The molecule has 0 saturated heterocycles. The highest BCUT2D eigenvalue weighted by Gasteiger charge is 2.16. The van der Waals surface area contributed by atoms with Crippen molar-refractivity contribution in [2.45, 2.75) is 20.3 Å². The molecular formula is C10H21N3O. The van der Waals surface area contributed by atoms with Gasteiger partial charge >= 0.3 is 0 Å². The standard InChI is InChI=1S/C10H21N3O/c1-4-9-12(5-2)13(6-3)10(14)7-8-11/h4H,1,5-9,11H2,2-3H3. The Kier molecular flexibility index (Phi) is 7.06. The van der Waals surface area contributed by atoms with Gasteiger partial charge in [0.05, 0.1) is 0 Å². The largest absolute Gasteiger partial charge is 0.330 e. The number of likely N-dealkylation sites (N-methyl/N-ethyl adjacent to an activating group) is 1. The fourth-order valence-corrected chi connectivity index (χ4v) is 1.33. The molecule has 0 heterocycles. The summed E-state index contributed by atoms with van der Waals surface area (Å²) < 4.78 is 0. The van der Waals surface area contributed by atoms with Crippen LogP contribution in [0, 0.1) is 0 Å². The summed E-state index contributed by atoms with van der Waals surface area (Å²) in [6.07, 6.45) is 2.20. The minimum absolute atomic E-state index is 0.0821. The van der Waals surface area contributed by atoms with Gasteiger partial charge in [0.25, 0.3) is 0 Å². The lowest BCUT2D eigenvalue weighted by Crippen LogP contribution is -2.46. The molecule has 1 amide bonds. The van der Waals surface area contributed by atoms with E-state index in [9.17, 15) is 4.79 Å². The van der Waals surface area contributed by atoms with Crippen LogP contribution in [0.25, 0.3) is 0 Å². The molecule has 0 aliphatic heterocycles. The van der Waals surface area contributed by atoms with Gasteiger partial charge in [0.2, 0.25) is 5.91 Å². The SMILES string of the molecule is C=CCN(CC)N(CC)C(=O)CCN. The average Bonchev–Trinajstić information content (AvgIpc) is 2.18. The molecule has 0 saturated carbocycles. The second-order valence-electron chi connectivity index (χ2n) is 2.94. The number of hydrogen-bond acceptors (Lipinski definition) is 3. The fraction of sp³-hybridized carbons (Fsp3) is 0.700. The zero-order valence-corrected chi connectivity index (χ0v) is 9.20. The Hall–Kier alpha value is -0.870. The monoisotopic (exact) mass is 199 g/mol. The zero-order valence-electron chi connectivity index (χ0n) is 9.20. The van der Waals surface area contributed by atoms with Crippen LogP contribution in [-0.4, -0.2) is 42.1 Å². The van der Waals surface area contributed by atoms with E-state index in [1.54, 1.807) is 11.1 Å². The molecule has 0 radical (unpaired) electrons. The van der Waals surface area contributed by atoms with Crippen molar-refractivity contribution in [1.82, 2.24) is 10.0 Å². The molecule has 0 rings (SSSR count). The summed E-state index contributed by atoms with van der Waals surface area (Å²) in [5, 5.41) is 3.69. The summed E-state index contributed by atoms with van der Waals surface area (Å²) in [5.74, 6) is 0.0821. The van der Waals surface area contributed by atoms with E-state index in [2.05, 4.69) is 6.58 Å². The van der Waals surface area contributed by atoms with Crippen molar-refractivity contribution < 1.29 is 4.79 Å². The molecule has 0 fully saturated rings. The van der Waals surface area contributed by atoms with E-state index in [1.807, 2.05) is 18.9 Å². The van der Waals surface area contributed by atoms with Gasteiger partial charge in [-0.1, -0.05) is 13.0 Å². The summed E-state index contributed by atoms with van der Waals surface area (Å²) in [6.45, 7) is 10.2. The number of hydrazine groups is 1. The quantitative estimate of drug-likeness (QED) is 0.482. The Balaban J connectivity index is 4.33. The van der Waals surface area contributed by atoms with Crippen LogP contribution < -0.4 is 5.73 Å². The van der Waals surface area contributed by atoms with Gasteiger partial charge in [-0.05, 0) is 6.92 Å². The minimum Gasteiger partial charge on any atom is -0.330 e. The molecule has 0 atom stereocenters. The van der Waals surface area contributed by atoms with E-state index in [0.717, 1.165) is 6.54 Å². The molecule has 0 spiro atoms. The summed E-state index contributed by atoms with van der Waals surface area (Å²) >= 11 is 0. The van der Waals surface area contributed by atoms with Crippen molar-refractivity contribution in [1.29, 1.82) is 0 Å². The highest BCUT2D eigenvalue weighted by atomic mass is 16.2. The maximum atomic E-state index is 11.6. The third kappa shape index (κ3) is 3.89. The van der Waals surface area contributed by atoms with Gasteiger partial charge in [0.1, 0.15) is 0 Å². The van der Waals surface area contributed by atoms with Gasteiger partial charge in [-0.15, -0.1) is 6.58 Å². The summed E-state index contributed by atoms with van der Waals surface area (Å²) in [6, 6.07) is 0. The summed E-state index contributed by atoms with van der Waals surface area (Å²) in [7, 11) is 0. The molecule has 0 aromatic heterocycles. The highest BCUT2D eigenvalue weighted by molar-refractivity contribution is 5.75. The first-order chi connectivity index (χ1) is 6.71. The molecule has 82 valence electrons. The van der Waals surface area contributed by atoms with Gasteiger partial charge in [0.15, 0.2) is 0 Å². The first-order valence-corrected chi connectivity index (χ1v) is 5.07. The molecule has 0 unspecified atom stereocenters. The van der Waals surface area contributed by atoms with Crippen LogP contribution in [0.2, 0.25) is 0 Å². The predicted octanol–water partition coefficient (Wildman–Crippen LogP) is 0.607. The van der Waals surface area contributed by atoms with Crippen LogP contribution in [0.4, 0.5) is 0 Å². The lowest BCUT2D eigenvalue weighted by atomic mass is 10.4. The van der Waals surface area contributed by atoms with Gasteiger partial charge in [-0.25, -0.2) is 5.01 Å². The van der Waals surface area contributed by atoms with Crippen LogP contribution in [0.15, 0.2) is 12.7 Å². The van der Waals surface area contributed by atoms with E-state index >= 15 is 0 Å². The smallest absolute Gasteiger partial charge is 0.238 e. The van der Waals surface area contributed by atoms with E-state index in [0.29, 0.717) is 26.1 Å². The van der Waals surface area contributed by atoms with E-state index in [4.69, 9.17) is 5.73 Å². The zero-order chi connectivity index (χ0) is 11.0. The molecule has 2 N–H and O–H groups in total. The molecule has 0 aromatic carbocycles. The molecular weight excluding hydrogens is 178 g/mol. The number of carbonyl (C=O) groups is 1. The van der Waals surface area contributed by atoms with Crippen LogP contribution in [0.5, 0.6) is 0 Å². The number of carbonyl (C=O) groups excluding carboxylic acids is 1. The first kappa shape index (κ1) is 13.1. The van der Waals surface area contributed by atoms with E-state index < -0.39 is 0 Å². The van der Waals surface area contributed by atoms with Gasteiger partial charge in [-0.2, -0.15) is 0 Å². The maximum absolute atomic E-state index is 11.6. The number of nitrogens with zero attached hydrogens (tertiary/aromatic N) is 2. The van der Waals surface area contributed by atoms with Gasteiger partial charge < -0.3 is 5.73 Å². The number of hydrogen-bond donors (Lipinski definition) is 1. The van der Waals surface area contributed by atoms with Crippen LogP contribution in [0.3, 0.4) is 0 Å². The van der Waals surface area contributed by atoms with Crippen molar-refractivity contribution in [3.05, 3.63) is 12.7 Å². The van der Waals surface area contributed by atoms with Crippen molar-refractivity contribution in [3.8, 4) is 0 Å². The third-order valence-electron chi connectivity index (χ3n) is 1.99. The van der Waals surface area contributed by atoms with Gasteiger partial charge in [-0.3, -0.25) is 9.80 Å². The Labute approximate surface area is 86.3 Å². The van der Waals surface area contributed by atoms with Crippen molar-refractivity contribution in [3.63, 3.8) is 0 Å². The molecule has 4 heteroatoms. The summed E-state index contributed by atoms with van der Waals surface area (Å²) in [4.78, 5) is 11.6.